The topological polar surface area (TPSA) is 37.3 Å². The molecule has 0 aromatic heterocycles. The van der Waals surface area contributed by atoms with E-state index in [0.717, 1.165) is 0 Å². The fourth-order valence-corrected chi connectivity index (χ4v) is 2.42. The van der Waals surface area contributed by atoms with Crippen molar-refractivity contribution in [2.24, 2.45) is 5.92 Å². The summed E-state index contributed by atoms with van der Waals surface area (Å²) in [6, 6.07) is 4.64. The fourth-order valence-electron chi connectivity index (χ4n) is 1.08. The van der Waals surface area contributed by atoms with E-state index in [-0.39, 0.29) is 5.02 Å². The lowest BCUT2D eigenvalue weighted by Gasteiger charge is -2.07. The monoisotopic (exact) mass is 262 g/mol. The number of carboxylic acid groups (broad SMARTS) is 1. The van der Waals surface area contributed by atoms with Crippen LogP contribution in [0.3, 0.4) is 0 Å². The van der Waals surface area contributed by atoms with Crippen LogP contribution in [-0.4, -0.2) is 16.8 Å². The zero-order chi connectivity index (χ0) is 12.1. The lowest BCUT2D eigenvalue weighted by atomic mass is 10.2. The molecule has 0 radical (unpaired) electrons. The second-order valence-electron chi connectivity index (χ2n) is 3.47. The quantitative estimate of drug-likeness (QED) is 0.883. The van der Waals surface area contributed by atoms with Gasteiger partial charge in [-0.15, -0.1) is 0 Å². The average Bonchev–Trinajstić information content (AvgIpc) is 2.24. The summed E-state index contributed by atoms with van der Waals surface area (Å²) >= 11 is 7.20. The third-order valence-electron chi connectivity index (χ3n) is 2.08. The summed E-state index contributed by atoms with van der Waals surface area (Å²) in [6.07, 6.45) is 0. The smallest absolute Gasteiger partial charge is 0.307 e. The molecule has 1 aromatic carbocycles. The number of carbonyl (C=O) groups is 1. The largest absolute Gasteiger partial charge is 0.481 e. The van der Waals surface area contributed by atoms with Crippen LogP contribution in [0.5, 0.6) is 0 Å². The highest BCUT2D eigenvalue weighted by molar-refractivity contribution is 7.98. The number of halogens is 2. The lowest BCUT2D eigenvalue weighted by molar-refractivity contribution is -0.140. The van der Waals surface area contributed by atoms with Gasteiger partial charge in [-0.2, -0.15) is 11.8 Å². The number of aliphatic carboxylic acids is 1. The summed E-state index contributed by atoms with van der Waals surface area (Å²) in [7, 11) is 0. The maximum atomic E-state index is 13.1. The van der Waals surface area contributed by atoms with Crippen molar-refractivity contribution in [3.05, 3.63) is 34.6 Å². The molecule has 0 aliphatic heterocycles. The van der Waals surface area contributed by atoms with E-state index in [4.69, 9.17) is 16.7 Å². The molecule has 0 aliphatic carbocycles. The van der Waals surface area contributed by atoms with E-state index >= 15 is 0 Å². The summed E-state index contributed by atoms with van der Waals surface area (Å²) in [5.41, 5.74) is 0.698. The van der Waals surface area contributed by atoms with Crippen molar-refractivity contribution in [1.29, 1.82) is 0 Å². The van der Waals surface area contributed by atoms with Crippen LogP contribution in [0.25, 0.3) is 0 Å². The van der Waals surface area contributed by atoms with Gasteiger partial charge in [0.15, 0.2) is 0 Å². The van der Waals surface area contributed by atoms with E-state index in [1.54, 1.807) is 19.1 Å². The van der Waals surface area contributed by atoms with Crippen LogP contribution in [0.2, 0.25) is 5.02 Å². The molecule has 1 N–H and O–H groups in total. The number of hydrogen-bond acceptors (Lipinski definition) is 2. The zero-order valence-electron chi connectivity index (χ0n) is 8.74. The molecular formula is C11H12ClFO2S. The van der Waals surface area contributed by atoms with Crippen molar-refractivity contribution >= 4 is 29.3 Å². The van der Waals surface area contributed by atoms with Gasteiger partial charge in [0, 0.05) is 11.5 Å². The first-order chi connectivity index (χ1) is 7.52. The van der Waals surface area contributed by atoms with Crippen molar-refractivity contribution < 1.29 is 14.3 Å². The second kappa shape index (κ2) is 6.11. The van der Waals surface area contributed by atoms with Gasteiger partial charge in [-0.05, 0) is 11.6 Å². The Hall–Kier alpha value is -0.740. The molecule has 1 atom stereocenters. The normalized spacial score (nSPS) is 12.4. The number of rotatable bonds is 5. The number of carboxylic acids is 1. The minimum absolute atomic E-state index is 0.123. The van der Waals surface area contributed by atoms with Gasteiger partial charge in [0.2, 0.25) is 0 Å². The molecule has 0 saturated heterocycles. The van der Waals surface area contributed by atoms with E-state index in [2.05, 4.69) is 0 Å². The predicted octanol–water partition coefficient (Wildman–Crippen LogP) is 3.43. The molecular weight excluding hydrogens is 251 g/mol. The van der Waals surface area contributed by atoms with Gasteiger partial charge >= 0.3 is 5.97 Å². The summed E-state index contributed by atoms with van der Waals surface area (Å²) in [5, 5.41) is 8.80. The third kappa shape index (κ3) is 3.68. The fraction of sp³-hybridized carbons (Fsp3) is 0.364. The van der Waals surface area contributed by atoms with Gasteiger partial charge in [-0.25, -0.2) is 4.39 Å². The molecule has 0 fully saturated rings. The van der Waals surface area contributed by atoms with Crippen LogP contribution in [0, 0.1) is 11.7 Å². The molecule has 0 bridgehead atoms. The maximum Gasteiger partial charge on any atom is 0.307 e. The molecule has 0 heterocycles. The highest BCUT2D eigenvalue weighted by Crippen LogP contribution is 2.24. The Morgan fingerprint density at radius 3 is 2.94 bits per heavy atom. The first kappa shape index (κ1) is 13.3. The van der Waals surface area contributed by atoms with Crippen molar-refractivity contribution in [3.8, 4) is 0 Å². The first-order valence-corrected chi connectivity index (χ1v) is 6.29. The Bertz CT molecular complexity index is 384. The van der Waals surface area contributed by atoms with Gasteiger partial charge < -0.3 is 5.11 Å². The standard InChI is InChI=1S/C11H12ClFO2S/c1-7(11(14)15)5-16-6-8-3-2-4-9(13)10(8)12/h2-4,7H,5-6H2,1H3,(H,14,15). The number of thioether (sulfide) groups is 1. The van der Waals surface area contributed by atoms with Crippen molar-refractivity contribution in [2.45, 2.75) is 12.7 Å². The van der Waals surface area contributed by atoms with Gasteiger partial charge in [0.25, 0.3) is 0 Å². The van der Waals surface area contributed by atoms with Crippen LogP contribution in [0.4, 0.5) is 4.39 Å². The van der Waals surface area contributed by atoms with Gasteiger partial charge in [-0.3, -0.25) is 4.79 Å². The minimum Gasteiger partial charge on any atom is -0.481 e. The summed E-state index contributed by atoms with van der Waals surface area (Å²) in [5.74, 6) is -0.655. The lowest BCUT2D eigenvalue weighted by Crippen LogP contribution is -2.11. The molecule has 1 aromatic rings. The Labute approximate surface area is 103 Å². The van der Waals surface area contributed by atoms with Crippen molar-refractivity contribution in [2.75, 3.05) is 5.75 Å². The molecule has 0 amide bonds. The molecule has 0 spiro atoms. The van der Waals surface area contributed by atoms with Crippen LogP contribution >= 0.6 is 23.4 Å². The molecule has 2 nitrogen and oxygen atoms in total. The third-order valence-corrected chi connectivity index (χ3v) is 3.75. The van der Waals surface area contributed by atoms with Gasteiger partial charge in [0.05, 0.1) is 10.9 Å². The minimum atomic E-state index is -0.821. The highest BCUT2D eigenvalue weighted by Gasteiger charge is 2.11. The van der Waals surface area contributed by atoms with Crippen molar-refractivity contribution in [1.82, 2.24) is 0 Å². The Kier molecular flexibility index (Phi) is 5.09. The summed E-state index contributed by atoms with van der Waals surface area (Å²) in [4.78, 5) is 10.6. The molecule has 0 aliphatic rings. The zero-order valence-corrected chi connectivity index (χ0v) is 10.3. The summed E-state index contributed by atoms with van der Waals surface area (Å²) < 4.78 is 13.1. The van der Waals surface area contributed by atoms with Crippen LogP contribution < -0.4 is 0 Å². The van der Waals surface area contributed by atoms with E-state index < -0.39 is 17.7 Å². The van der Waals surface area contributed by atoms with Gasteiger partial charge in [-0.1, -0.05) is 30.7 Å². The maximum absolute atomic E-state index is 13.1. The highest BCUT2D eigenvalue weighted by atomic mass is 35.5. The van der Waals surface area contributed by atoms with Crippen LogP contribution in [0.15, 0.2) is 18.2 Å². The Morgan fingerprint density at radius 2 is 2.31 bits per heavy atom. The van der Waals surface area contributed by atoms with E-state index in [1.165, 1.54) is 17.8 Å². The second-order valence-corrected chi connectivity index (χ2v) is 4.88. The van der Waals surface area contributed by atoms with Crippen LogP contribution in [-0.2, 0) is 10.5 Å². The predicted molar refractivity (Wildman–Crippen MR) is 64.4 cm³/mol. The Balaban J connectivity index is 2.49. The van der Waals surface area contributed by atoms with E-state index in [1.807, 2.05) is 0 Å². The molecule has 88 valence electrons. The number of hydrogen-bond donors (Lipinski definition) is 1. The molecule has 5 heteroatoms. The SMILES string of the molecule is CC(CSCc1cccc(F)c1Cl)C(=O)O. The molecule has 16 heavy (non-hydrogen) atoms. The van der Waals surface area contributed by atoms with Gasteiger partial charge in [0.1, 0.15) is 5.82 Å². The molecule has 1 rings (SSSR count). The number of benzene rings is 1. The van der Waals surface area contributed by atoms with E-state index in [0.29, 0.717) is 17.1 Å². The van der Waals surface area contributed by atoms with E-state index in [9.17, 15) is 9.18 Å². The molecule has 0 saturated carbocycles. The Morgan fingerprint density at radius 1 is 1.62 bits per heavy atom. The first-order valence-electron chi connectivity index (χ1n) is 4.75. The average molecular weight is 263 g/mol. The van der Waals surface area contributed by atoms with Crippen molar-refractivity contribution in [3.63, 3.8) is 0 Å². The summed E-state index contributed by atoms with van der Waals surface area (Å²) in [6.45, 7) is 1.64. The van der Waals surface area contributed by atoms with Crippen LogP contribution in [0.1, 0.15) is 12.5 Å². The molecule has 1 unspecified atom stereocenters.